The lowest BCUT2D eigenvalue weighted by atomic mass is 9.97. The zero-order chi connectivity index (χ0) is 13.7. The lowest BCUT2D eigenvalue weighted by Gasteiger charge is -2.18. The Balaban J connectivity index is 3.15. The van der Waals surface area contributed by atoms with Crippen molar-refractivity contribution in [3.63, 3.8) is 0 Å². The summed E-state index contributed by atoms with van der Waals surface area (Å²) in [5.74, 6) is 1.31. The first-order valence-corrected chi connectivity index (χ1v) is 6.97. The van der Waals surface area contributed by atoms with E-state index < -0.39 is 0 Å². The largest absolute Gasteiger partial charge is 0.493 e. The molecule has 0 aliphatic heterocycles. The van der Waals surface area contributed by atoms with Gasteiger partial charge in [0.2, 0.25) is 0 Å². The van der Waals surface area contributed by atoms with Crippen LogP contribution in [0.2, 0.25) is 5.02 Å². The second-order valence-corrected chi connectivity index (χ2v) is 5.50. The minimum absolute atomic E-state index is 0.369. The van der Waals surface area contributed by atoms with Crippen molar-refractivity contribution in [2.24, 2.45) is 5.73 Å². The zero-order valence-electron chi connectivity index (χ0n) is 11.1. The molecule has 0 fully saturated rings. The van der Waals surface area contributed by atoms with Gasteiger partial charge in [-0.1, -0.05) is 37.7 Å². The molecule has 0 saturated carbocycles. The molecule has 0 aliphatic rings. The summed E-state index contributed by atoms with van der Waals surface area (Å²) >= 11 is 11.1. The van der Waals surface area contributed by atoms with Crippen molar-refractivity contribution >= 4 is 28.8 Å². The van der Waals surface area contributed by atoms with Gasteiger partial charge in [-0.25, -0.2) is 0 Å². The van der Waals surface area contributed by atoms with Crippen molar-refractivity contribution in [2.45, 2.75) is 39.5 Å². The Labute approximate surface area is 119 Å². The van der Waals surface area contributed by atoms with Crippen LogP contribution in [0.15, 0.2) is 12.1 Å². The fourth-order valence-corrected chi connectivity index (χ4v) is 2.22. The van der Waals surface area contributed by atoms with Crippen molar-refractivity contribution in [3.05, 3.63) is 28.3 Å². The Bertz CT molecular complexity index is 432. The fraction of sp³-hybridized carbons (Fsp3) is 0.500. The van der Waals surface area contributed by atoms with Gasteiger partial charge >= 0.3 is 0 Å². The number of hydrogen-bond acceptors (Lipinski definition) is 2. The molecule has 1 rings (SSSR count). The summed E-state index contributed by atoms with van der Waals surface area (Å²) in [5.41, 5.74) is 7.78. The molecule has 0 unspecified atom stereocenters. The Morgan fingerprint density at radius 3 is 2.61 bits per heavy atom. The summed E-state index contributed by atoms with van der Waals surface area (Å²) in [4.78, 5) is 0.517. The van der Waals surface area contributed by atoms with Crippen molar-refractivity contribution < 1.29 is 4.74 Å². The molecule has 0 bridgehead atoms. The van der Waals surface area contributed by atoms with E-state index in [9.17, 15) is 0 Å². The average Bonchev–Trinajstić information content (AvgIpc) is 2.28. The first kappa shape index (κ1) is 15.3. The van der Waals surface area contributed by atoms with E-state index in [1.807, 2.05) is 19.1 Å². The monoisotopic (exact) mass is 285 g/mol. The van der Waals surface area contributed by atoms with Crippen LogP contribution in [-0.4, -0.2) is 11.6 Å². The normalized spacial score (nSPS) is 10.7. The van der Waals surface area contributed by atoms with Gasteiger partial charge in [0, 0.05) is 11.4 Å². The summed E-state index contributed by atoms with van der Waals surface area (Å²) < 4.78 is 5.77. The molecule has 0 amide bonds. The molecule has 0 radical (unpaired) electrons. The number of aryl methyl sites for hydroxylation is 1. The molecule has 18 heavy (non-hydrogen) atoms. The Morgan fingerprint density at radius 2 is 2.11 bits per heavy atom. The molecular weight excluding hydrogens is 266 g/mol. The molecule has 0 spiro atoms. The van der Waals surface area contributed by atoms with Crippen LogP contribution in [0, 0.1) is 0 Å². The highest BCUT2D eigenvalue weighted by Gasteiger charge is 2.14. The molecule has 0 saturated heterocycles. The molecule has 1 aromatic rings. The van der Waals surface area contributed by atoms with Gasteiger partial charge in [0.1, 0.15) is 5.75 Å². The zero-order valence-corrected chi connectivity index (χ0v) is 12.7. The number of hydrogen-bond donors (Lipinski definition) is 1. The summed E-state index contributed by atoms with van der Waals surface area (Å²) in [5, 5.41) is 0.736. The highest BCUT2D eigenvalue weighted by molar-refractivity contribution is 7.80. The summed E-state index contributed by atoms with van der Waals surface area (Å²) in [6, 6.07) is 3.91. The summed E-state index contributed by atoms with van der Waals surface area (Å²) in [6.07, 6.45) is 1.44. The van der Waals surface area contributed by atoms with Crippen molar-refractivity contribution in [1.29, 1.82) is 0 Å². The number of halogens is 1. The minimum Gasteiger partial charge on any atom is -0.493 e. The van der Waals surface area contributed by atoms with Crippen molar-refractivity contribution in [3.8, 4) is 5.75 Å². The van der Waals surface area contributed by atoms with E-state index in [1.165, 1.54) is 0 Å². The maximum absolute atomic E-state index is 6.16. The molecular formula is C14H20ClNOS. The van der Waals surface area contributed by atoms with Gasteiger partial charge in [-0.05, 0) is 42.5 Å². The topological polar surface area (TPSA) is 35.2 Å². The molecule has 0 atom stereocenters. The second kappa shape index (κ2) is 6.95. The highest BCUT2D eigenvalue weighted by atomic mass is 35.5. The number of ether oxygens (including phenoxy) is 1. The van der Waals surface area contributed by atoms with E-state index in [1.54, 1.807) is 0 Å². The Hall–Kier alpha value is -0.800. The third kappa shape index (κ3) is 4.14. The van der Waals surface area contributed by atoms with Crippen LogP contribution in [0.1, 0.15) is 44.2 Å². The van der Waals surface area contributed by atoms with Gasteiger partial charge in [0.05, 0.1) is 11.6 Å². The van der Waals surface area contributed by atoms with Crippen molar-refractivity contribution in [2.75, 3.05) is 6.61 Å². The smallest absolute Gasteiger partial charge is 0.126 e. The van der Waals surface area contributed by atoms with Crippen LogP contribution < -0.4 is 10.5 Å². The Kier molecular flexibility index (Phi) is 5.89. The highest BCUT2D eigenvalue weighted by Crippen LogP contribution is 2.34. The molecule has 0 aromatic heterocycles. The Morgan fingerprint density at radius 1 is 1.44 bits per heavy atom. The lowest BCUT2D eigenvalue weighted by Crippen LogP contribution is -2.10. The predicted octanol–water partition coefficient (Wildman–Crippen LogP) is 4.08. The second-order valence-electron chi connectivity index (χ2n) is 4.54. The fourth-order valence-electron chi connectivity index (χ4n) is 1.87. The summed E-state index contributed by atoms with van der Waals surface area (Å²) in [7, 11) is 0. The number of benzene rings is 1. The van der Waals surface area contributed by atoms with E-state index >= 15 is 0 Å². The van der Waals surface area contributed by atoms with Crippen LogP contribution in [0.4, 0.5) is 0 Å². The van der Waals surface area contributed by atoms with Gasteiger partial charge in [0.25, 0.3) is 0 Å². The van der Waals surface area contributed by atoms with Crippen LogP contribution in [0.3, 0.4) is 0 Å². The molecule has 2 nitrogen and oxygen atoms in total. The number of nitrogens with two attached hydrogens (primary N) is 1. The molecule has 4 heteroatoms. The van der Waals surface area contributed by atoms with Crippen LogP contribution in [0.5, 0.6) is 5.75 Å². The molecule has 100 valence electrons. The van der Waals surface area contributed by atoms with Gasteiger partial charge < -0.3 is 10.5 Å². The van der Waals surface area contributed by atoms with Crippen LogP contribution in [0.25, 0.3) is 0 Å². The first-order valence-electron chi connectivity index (χ1n) is 6.19. The van der Waals surface area contributed by atoms with E-state index in [2.05, 4.69) is 13.8 Å². The standard InChI is InChI=1S/C14H20ClNOS/c1-4-17-14-10(5-6-13(16)18)7-11(15)8-12(14)9(2)3/h7-9H,4-6H2,1-3H3,(H2,16,18). The van der Waals surface area contributed by atoms with Gasteiger partial charge in [0.15, 0.2) is 0 Å². The van der Waals surface area contributed by atoms with E-state index in [4.69, 9.17) is 34.3 Å². The van der Waals surface area contributed by atoms with Gasteiger partial charge in [-0.2, -0.15) is 0 Å². The van der Waals surface area contributed by atoms with E-state index in [-0.39, 0.29) is 0 Å². The molecule has 0 aliphatic carbocycles. The van der Waals surface area contributed by atoms with Crippen LogP contribution >= 0.6 is 23.8 Å². The third-order valence-corrected chi connectivity index (χ3v) is 3.13. The molecule has 0 heterocycles. The van der Waals surface area contributed by atoms with E-state index in [0.29, 0.717) is 23.9 Å². The molecule has 1 aromatic carbocycles. The van der Waals surface area contributed by atoms with Gasteiger partial charge in [-0.15, -0.1) is 0 Å². The van der Waals surface area contributed by atoms with Gasteiger partial charge in [-0.3, -0.25) is 0 Å². The third-order valence-electron chi connectivity index (χ3n) is 2.71. The number of thiocarbonyl (C=S) groups is 1. The maximum Gasteiger partial charge on any atom is 0.126 e. The predicted molar refractivity (Wildman–Crippen MR) is 81.8 cm³/mol. The number of rotatable bonds is 6. The summed E-state index contributed by atoms with van der Waals surface area (Å²) in [6.45, 7) is 6.88. The SMILES string of the molecule is CCOc1c(CCC(N)=S)cc(Cl)cc1C(C)C. The maximum atomic E-state index is 6.16. The molecule has 2 N–H and O–H groups in total. The minimum atomic E-state index is 0.369. The lowest BCUT2D eigenvalue weighted by molar-refractivity contribution is 0.331. The van der Waals surface area contributed by atoms with Crippen LogP contribution in [-0.2, 0) is 6.42 Å². The quantitative estimate of drug-likeness (QED) is 0.800. The first-order chi connectivity index (χ1) is 8.45. The van der Waals surface area contributed by atoms with Crippen molar-refractivity contribution in [1.82, 2.24) is 0 Å². The van der Waals surface area contributed by atoms with E-state index in [0.717, 1.165) is 28.3 Å². The average molecular weight is 286 g/mol.